The van der Waals surface area contributed by atoms with Gasteiger partial charge in [0.2, 0.25) is 0 Å². The van der Waals surface area contributed by atoms with Gasteiger partial charge in [-0.2, -0.15) is 0 Å². The van der Waals surface area contributed by atoms with Gasteiger partial charge in [0.15, 0.2) is 17.2 Å². The maximum atomic E-state index is 12.4. The van der Waals surface area contributed by atoms with E-state index in [-0.39, 0.29) is 28.5 Å². The molecule has 1 heterocycles. The number of epoxide rings is 1. The summed E-state index contributed by atoms with van der Waals surface area (Å²) in [6.45, 7) is 6.23. The van der Waals surface area contributed by atoms with Gasteiger partial charge in [-0.05, 0) is 63.5 Å². The van der Waals surface area contributed by atoms with Crippen LogP contribution in [-0.4, -0.2) is 23.3 Å². The van der Waals surface area contributed by atoms with Crippen LogP contribution in [0.3, 0.4) is 0 Å². The van der Waals surface area contributed by atoms with Crippen LogP contribution in [0.2, 0.25) is 0 Å². The molecule has 0 aromatic heterocycles. The third kappa shape index (κ3) is 1.45. The number of ether oxygens (including phenoxy) is 1. The lowest BCUT2D eigenvalue weighted by Crippen LogP contribution is -2.49. The summed E-state index contributed by atoms with van der Waals surface area (Å²) in [6, 6.07) is 0. The molecule has 126 valence electrons. The van der Waals surface area contributed by atoms with E-state index >= 15 is 0 Å². The third-order valence-electron chi connectivity index (χ3n) is 7.90. The number of hydrogen-bond donors (Lipinski definition) is 0. The van der Waals surface area contributed by atoms with E-state index in [2.05, 4.69) is 26.0 Å². The minimum atomic E-state index is -0.519. The van der Waals surface area contributed by atoms with Crippen molar-refractivity contribution in [2.75, 3.05) is 0 Å². The molecule has 3 fully saturated rings. The average Bonchev–Trinajstić information content (AvgIpc) is 3.21. The number of Topliss-reactive ketones (excluding diaryl/α,β-unsaturated/α-hetero) is 1. The Morgan fingerprint density at radius 3 is 2.88 bits per heavy atom. The highest BCUT2D eigenvalue weighted by Crippen LogP contribution is 2.71. The van der Waals surface area contributed by atoms with Crippen molar-refractivity contribution in [1.29, 1.82) is 0 Å². The van der Waals surface area contributed by atoms with Crippen molar-refractivity contribution >= 4 is 11.6 Å². The summed E-state index contributed by atoms with van der Waals surface area (Å²) in [5.74, 6) is 1.36. The highest BCUT2D eigenvalue weighted by Gasteiger charge is 2.78. The molecule has 0 spiro atoms. The van der Waals surface area contributed by atoms with Crippen LogP contribution in [0.5, 0.6) is 0 Å². The van der Waals surface area contributed by atoms with Gasteiger partial charge >= 0.3 is 0 Å². The molecule has 0 bridgehead atoms. The molecule has 0 amide bonds. The lowest BCUT2D eigenvalue weighted by Gasteiger charge is -2.52. The fourth-order valence-corrected chi connectivity index (χ4v) is 6.59. The Hall–Kier alpha value is -1.48. The smallest absolute Gasteiger partial charge is 0.178 e. The summed E-state index contributed by atoms with van der Waals surface area (Å²) in [4.78, 5) is 24.1. The van der Waals surface area contributed by atoms with Gasteiger partial charge in [-0.25, -0.2) is 0 Å². The number of carbonyl (C=O) groups is 2. The third-order valence-corrected chi connectivity index (χ3v) is 7.90. The van der Waals surface area contributed by atoms with Crippen LogP contribution in [0, 0.1) is 22.7 Å². The molecule has 0 aromatic rings. The number of rotatable bonds is 1. The Kier molecular flexibility index (Phi) is 2.59. The summed E-state index contributed by atoms with van der Waals surface area (Å²) in [5.41, 5.74) is 2.06. The Labute approximate surface area is 142 Å². The lowest BCUT2D eigenvalue weighted by molar-refractivity contribution is -0.129. The van der Waals surface area contributed by atoms with Gasteiger partial charge in [0.05, 0.1) is 6.10 Å². The van der Waals surface area contributed by atoms with Crippen molar-refractivity contribution < 1.29 is 14.3 Å². The molecule has 5 aliphatic rings. The van der Waals surface area contributed by atoms with Crippen LogP contribution in [0.25, 0.3) is 0 Å². The first-order chi connectivity index (χ1) is 11.3. The highest BCUT2D eigenvalue weighted by atomic mass is 16.6. The summed E-state index contributed by atoms with van der Waals surface area (Å²) in [5, 5.41) is 0. The second-order valence-electron chi connectivity index (χ2n) is 8.77. The first-order valence-corrected chi connectivity index (χ1v) is 9.16. The van der Waals surface area contributed by atoms with Crippen molar-refractivity contribution in [1.82, 2.24) is 0 Å². The second-order valence-corrected chi connectivity index (χ2v) is 8.77. The van der Waals surface area contributed by atoms with Crippen LogP contribution >= 0.6 is 0 Å². The van der Waals surface area contributed by atoms with Crippen LogP contribution in [0.1, 0.15) is 46.5 Å². The standard InChI is InChI=1S/C21H24O3/c1-12(22)21-18(24-21)11-17-15-5-4-13-10-14(23)6-8-19(13,2)16(15)7-9-20(17,21)3/h6-8,10,15,17-18H,4-5,9,11H2,1-3H3/t15?,17?,18-,19?,20?,21-/m1/s1. The van der Waals surface area contributed by atoms with Crippen molar-refractivity contribution in [2.45, 2.75) is 58.2 Å². The first-order valence-electron chi connectivity index (χ1n) is 9.16. The molecule has 5 rings (SSSR count). The molecule has 4 unspecified atom stereocenters. The molecule has 24 heavy (non-hydrogen) atoms. The fraction of sp³-hybridized carbons (Fsp3) is 0.619. The molecule has 1 aliphatic heterocycles. The maximum absolute atomic E-state index is 12.4. The zero-order valence-corrected chi connectivity index (χ0v) is 14.6. The van der Waals surface area contributed by atoms with Gasteiger partial charge < -0.3 is 4.74 Å². The number of fused-ring (bicyclic) bond motifs is 7. The average molecular weight is 324 g/mol. The lowest BCUT2D eigenvalue weighted by atomic mass is 9.51. The first kappa shape index (κ1) is 14.8. The number of carbonyl (C=O) groups excluding carboxylic acids is 2. The Morgan fingerprint density at radius 2 is 2.12 bits per heavy atom. The largest absolute Gasteiger partial charge is 0.357 e. The normalized spacial score (nSPS) is 51.0. The van der Waals surface area contributed by atoms with E-state index in [4.69, 9.17) is 4.74 Å². The quantitative estimate of drug-likeness (QED) is 0.547. The van der Waals surface area contributed by atoms with E-state index in [1.165, 1.54) is 11.1 Å². The van der Waals surface area contributed by atoms with E-state index in [0.29, 0.717) is 11.8 Å². The van der Waals surface area contributed by atoms with Crippen molar-refractivity contribution in [3.8, 4) is 0 Å². The van der Waals surface area contributed by atoms with E-state index in [9.17, 15) is 9.59 Å². The van der Waals surface area contributed by atoms with E-state index in [1.54, 1.807) is 13.0 Å². The van der Waals surface area contributed by atoms with Gasteiger partial charge in [0.25, 0.3) is 0 Å². The fourth-order valence-electron chi connectivity index (χ4n) is 6.59. The summed E-state index contributed by atoms with van der Waals surface area (Å²) in [7, 11) is 0. The van der Waals surface area contributed by atoms with Gasteiger partial charge in [-0.15, -0.1) is 0 Å². The molecule has 2 saturated carbocycles. The number of ketones is 2. The molecule has 0 aromatic carbocycles. The van der Waals surface area contributed by atoms with E-state index in [1.807, 2.05) is 6.08 Å². The van der Waals surface area contributed by atoms with Gasteiger partial charge in [0, 0.05) is 10.8 Å². The zero-order chi connectivity index (χ0) is 16.9. The Bertz CT molecular complexity index is 772. The second kappa shape index (κ2) is 4.19. The summed E-state index contributed by atoms with van der Waals surface area (Å²) in [6.07, 6.45) is 12.2. The molecular formula is C21H24O3. The van der Waals surface area contributed by atoms with Gasteiger partial charge in [0.1, 0.15) is 0 Å². The Morgan fingerprint density at radius 1 is 1.33 bits per heavy atom. The van der Waals surface area contributed by atoms with Crippen molar-refractivity contribution in [3.05, 3.63) is 35.5 Å². The molecule has 0 radical (unpaired) electrons. The maximum Gasteiger partial charge on any atom is 0.178 e. The molecule has 0 N–H and O–H groups in total. The molecule has 3 nitrogen and oxygen atoms in total. The predicted molar refractivity (Wildman–Crippen MR) is 90.3 cm³/mol. The highest BCUT2D eigenvalue weighted by molar-refractivity contribution is 6.01. The molecule has 4 aliphatic carbocycles. The van der Waals surface area contributed by atoms with Crippen LogP contribution in [0.4, 0.5) is 0 Å². The van der Waals surface area contributed by atoms with E-state index < -0.39 is 5.60 Å². The molecule has 6 atom stereocenters. The zero-order valence-electron chi connectivity index (χ0n) is 14.6. The molecule has 3 heteroatoms. The molecule has 1 saturated heterocycles. The van der Waals surface area contributed by atoms with Crippen LogP contribution in [0.15, 0.2) is 35.5 Å². The van der Waals surface area contributed by atoms with Crippen molar-refractivity contribution in [3.63, 3.8) is 0 Å². The number of allylic oxidation sites excluding steroid dienone is 6. The van der Waals surface area contributed by atoms with Gasteiger partial charge in [-0.1, -0.05) is 30.2 Å². The minimum Gasteiger partial charge on any atom is -0.357 e. The predicted octanol–water partition coefficient (Wildman–Crippen LogP) is 3.55. The Balaban J connectivity index is 1.59. The summed E-state index contributed by atoms with van der Waals surface area (Å²) >= 11 is 0. The van der Waals surface area contributed by atoms with Crippen LogP contribution < -0.4 is 0 Å². The summed E-state index contributed by atoms with van der Waals surface area (Å²) < 4.78 is 5.95. The van der Waals surface area contributed by atoms with Crippen molar-refractivity contribution in [2.24, 2.45) is 22.7 Å². The monoisotopic (exact) mass is 324 g/mol. The van der Waals surface area contributed by atoms with Crippen LogP contribution in [-0.2, 0) is 14.3 Å². The topological polar surface area (TPSA) is 46.7 Å². The SMILES string of the molecule is CC(=O)[C@@]12O[C@@H]1CC1C3CCC4=CC(=O)C=CC4(C)C3=CCC12C. The number of hydrogen-bond acceptors (Lipinski definition) is 3. The molecular weight excluding hydrogens is 300 g/mol. The minimum absolute atomic E-state index is 0.0660. The van der Waals surface area contributed by atoms with E-state index in [0.717, 1.165) is 25.7 Å². The van der Waals surface area contributed by atoms with Gasteiger partial charge in [-0.3, -0.25) is 9.59 Å².